The highest BCUT2D eigenvalue weighted by molar-refractivity contribution is 7.99. The fraction of sp³-hybridized carbons (Fsp3) is 0.167. The van der Waals surface area contributed by atoms with E-state index in [2.05, 4.69) is 20.5 Å². The van der Waals surface area contributed by atoms with Crippen molar-refractivity contribution < 1.29 is 9.53 Å². The number of imidazole rings is 1. The minimum Gasteiger partial charge on any atom is -0.493 e. The average Bonchev–Trinajstić information content (AvgIpc) is 3.05. The number of hydrogen-bond donors (Lipinski definition) is 2. The Morgan fingerprint density at radius 3 is 2.92 bits per heavy atom. The molecule has 3 rings (SSSR count). The predicted octanol–water partition coefficient (Wildman–Crippen LogP) is 3.20. The highest BCUT2D eigenvalue weighted by atomic mass is 32.2. The van der Waals surface area contributed by atoms with Crippen molar-refractivity contribution in [2.45, 2.75) is 12.1 Å². The fourth-order valence-corrected chi connectivity index (χ4v) is 2.89. The number of aromatic amines is 1. The van der Waals surface area contributed by atoms with Gasteiger partial charge in [-0.1, -0.05) is 36.0 Å². The lowest BCUT2D eigenvalue weighted by atomic mass is 10.2. The van der Waals surface area contributed by atoms with Crippen LogP contribution in [0.2, 0.25) is 0 Å². The molecule has 2 N–H and O–H groups in total. The van der Waals surface area contributed by atoms with Crippen molar-refractivity contribution in [1.29, 1.82) is 0 Å². The molecule has 3 aromatic rings. The van der Waals surface area contributed by atoms with E-state index in [1.165, 1.54) is 11.8 Å². The summed E-state index contributed by atoms with van der Waals surface area (Å²) in [5, 5.41) is 4.70. The summed E-state index contributed by atoms with van der Waals surface area (Å²) in [5.41, 5.74) is 5.17. The third kappa shape index (κ3) is 4.60. The molecule has 1 amide bonds. The van der Waals surface area contributed by atoms with Gasteiger partial charge in [0.25, 0.3) is 5.91 Å². The molecular weight excluding hydrogens is 336 g/mol. The van der Waals surface area contributed by atoms with E-state index in [1.807, 2.05) is 55.5 Å². The molecule has 0 bridgehead atoms. The molecule has 6 nitrogen and oxygen atoms in total. The molecular formula is C18H18N4O2S. The Balaban J connectivity index is 1.52. The van der Waals surface area contributed by atoms with Gasteiger partial charge in [-0.3, -0.25) is 4.79 Å². The molecule has 1 heterocycles. The van der Waals surface area contributed by atoms with Crippen LogP contribution in [0.1, 0.15) is 12.5 Å². The van der Waals surface area contributed by atoms with Gasteiger partial charge in [0.2, 0.25) is 0 Å². The molecule has 0 aliphatic carbocycles. The predicted molar refractivity (Wildman–Crippen MR) is 100 cm³/mol. The fourth-order valence-electron chi connectivity index (χ4n) is 2.21. The van der Waals surface area contributed by atoms with Gasteiger partial charge in [-0.2, -0.15) is 5.10 Å². The van der Waals surface area contributed by atoms with E-state index in [9.17, 15) is 4.79 Å². The molecule has 0 fully saturated rings. The zero-order valence-corrected chi connectivity index (χ0v) is 14.5. The first kappa shape index (κ1) is 17.0. The van der Waals surface area contributed by atoms with E-state index in [-0.39, 0.29) is 11.7 Å². The van der Waals surface area contributed by atoms with Gasteiger partial charge in [-0.05, 0) is 31.2 Å². The van der Waals surface area contributed by atoms with Gasteiger partial charge in [0.1, 0.15) is 5.75 Å². The van der Waals surface area contributed by atoms with Crippen LogP contribution >= 0.6 is 11.8 Å². The lowest BCUT2D eigenvalue weighted by Crippen LogP contribution is -2.19. The number of rotatable bonds is 7. The Labute approximate surface area is 149 Å². The standard InChI is InChI=1S/C18H18N4O2S/c1-2-24-16-10-6-3-7-13(16)11-19-22-17(23)12-25-18-20-14-8-4-5-9-15(14)21-18/h3-11H,2,12H2,1H3,(H,20,21)(H,22,23). The third-order valence-electron chi connectivity index (χ3n) is 3.32. The van der Waals surface area contributed by atoms with Crippen LogP contribution in [0.4, 0.5) is 0 Å². The van der Waals surface area contributed by atoms with Crippen LogP contribution in [0.25, 0.3) is 11.0 Å². The Bertz CT molecular complexity index is 858. The number of ether oxygens (including phenoxy) is 1. The van der Waals surface area contributed by atoms with Crippen molar-refractivity contribution >= 4 is 34.9 Å². The molecule has 0 saturated carbocycles. The molecule has 128 valence electrons. The molecule has 0 spiro atoms. The summed E-state index contributed by atoms with van der Waals surface area (Å²) in [6.07, 6.45) is 1.58. The van der Waals surface area contributed by atoms with E-state index in [0.29, 0.717) is 11.8 Å². The van der Waals surface area contributed by atoms with Gasteiger partial charge in [-0.25, -0.2) is 10.4 Å². The average molecular weight is 354 g/mol. The van der Waals surface area contributed by atoms with Gasteiger partial charge in [0.15, 0.2) is 5.16 Å². The Hall–Kier alpha value is -2.80. The van der Waals surface area contributed by atoms with Crippen LogP contribution in [-0.2, 0) is 4.79 Å². The van der Waals surface area contributed by atoms with Crippen LogP contribution < -0.4 is 10.2 Å². The number of hydrazone groups is 1. The number of hydrogen-bond acceptors (Lipinski definition) is 5. The third-order valence-corrected chi connectivity index (χ3v) is 4.19. The number of carbonyl (C=O) groups excluding carboxylic acids is 1. The van der Waals surface area contributed by atoms with Crippen LogP contribution in [0.3, 0.4) is 0 Å². The molecule has 25 heavy (non-hydrogen) atoms. The zero-order chi connectivity index (χ0) is 17.5. The Morgan fingerprint density at radius 1 is 1.28 bits per heavy atom. The minimum absolute atomic E-state index is 0.199. The van der Waals surface area contributed by atoms with E-state index >= 15 is 0 Å². The van der Waals surface area contributed by atoms with Crippen molar-refractivity contribution in [2.75, 3.05) is 12.4 Å². The first-order chi connectivity index (χ1) is 12.3. The quantitative estimate of drug-likeness (QED) is 0.388. The smallest absolute Gasteiger partial charge is 0.250 e. The summed E-state index contributed by atoms with van der Waals surface area (Å²) >= 11 is 1.33. The second-order valence-electron chi connectivity index (χ2n) is 5.11. The van der Waals surface area contributed by atoms with Crippen molar-refractivity contribution in [3.8, 4) is 5.75 Å². The van der Waals surface area contributed by atoms with E-state index < -0.39 is 0 Å². The highest BCUT2D eigenvalue weighted by Crippen LogP contribution is 2.19. The zero-order valence-electron chi connectivity index (χ0n) is 13.7. The number of nitrogens with one attached hydrogen (secondary N) is 2. The van der Waals surface area contributed by atoms with Crippen LogP contribution in [0, 0.1) is 0 Å². The lowest BCUT2D eigenvalue weighted by Gasteiger charge is -2.05. The van der Waals surface area contributed by atoms with Crippen LogP contribution in [0.15, 0.2) is 58.8 Å². The molecule has 0 unspecified atom stereocenters. The number of carbonyl (C=O) groups is 1. The van der Waals surface area contributed by atoms with E-state index in [0.717, 1.165) is 22.3 Å². The van der Waals surface area contributed by atoms with Crippen molar-refractivity contribution in [2.24, 2.45) is 5.10 Å². The summed E-state index contributed by atoms with van der Waals surface area (Å²) in [4.78, 5) is 19.5. The number of H-pyrrole nitrogens is 1. The SMILES string of the molecule is CCOc1ccccc1C=NNC(=O)CSc1nc2ccccc2[nH]1. The lowest BCUT2D eigenvalue weighted by molar-refractivity contribution is -0.118. The minimum atomic E-state index is -0.199. The number of nitrogens with zero attached hydrogens (tertiary/aromatic N) is 2. The second-order valence-corrected chi connectivity index (χ2v) is 6.08. The number of amides is 1. The topological polar surface area (TPSA) is 79.4 Å². The van der Waals surface area contributed by atoms with Crippen molar-refractivity contribution in [1.82, 2.24) is 15.4 Å². The first-order valence-corrected chi connectivity index (χ1v) is 8.86. The van der Waals surface area contributed by atoms with Crippen molar-refractivity contribution in [3.63, 3.8) is 0 Å². The summed E-state index contributed by atoms with van der Waals surface area (Å²) in [7, 11) is 0. The molecule has 2 aromatic carbocycles. The largest absolute Gasteiger partial charge is 0.493 e. The number of benzene rings is 2. The number of para-hydroxylation sites is 3. The van der Waals surface area contributed by atoms with E-state index in [4.69, 9.17) is 4.74 Å². The van der Waals surface area contributed by atoms with Crippen LogP contribution in [0.5, 0.6) is 5.75 Å². The number of thioether (sulfide) groups is 1. The summed E-state index contributed by atoms with van der Waals surface area (Å²) in [6.45, 7) is 2.50. The Kier molecular flexibility index (Phi) is 5.69. The van der Waals surface area contributed by atoms with Gasteiger partial charge in [0, 0.05) is 5.56 Å². The van der Waals surface area contributed by atoms with Gasteiger partial charge in [-0.15, -0.1) is 0 Å². The van der Waals surface area contributed by atoms with Gasteiger partial charge in [0.05, 0.1) is 29.6 Å². The maximum atomic E-state index is 11.9. The number of fused-ring (bicyclic) bond motifs is 1. The highest BCUT2D eigenvalue weighted by Gasteiger charge is 2.06. The van der Waals surface area contributed by atoms with Gasteiger partial charge < -0.3 is 9.72 Å². The maximum absolute atomic E-state index is 11.9. The molecule has 0 aliphatic rings. The van der Waals surface area contributed by atoms with Gasteiger partial charge >= 0.3 is 0 Å². The second kappa shape index (κ2) is 8.34. The monoisotopic (exact) mass is 354 g/mol. The first-order valence-electron chi connectivity index (χ1n) is 7.87. The Morgan fingerprint density at radius 2 is 2.08 bits per heavy atom. The molecule has 0 saturated heterocycles. The van der Waals surface area contributed by atoms with E-state index in [1.54, 1.807) is 6.21 Å². The molecule has 7 heteroatoms. The van der Waals surface area contributed by atoms with Crippen LogP contribution in [-0.4, -0.2) is 34.4 Å². The number of aromatic nitrogens is 2. The molecule has 0 aliphatic heterocycles. The normalized spacial score (nSPS) is 11.1. The summed E-state index contributed by atoms with van der Waals surface area (Å²) < 4.78 is 5.51. The van der Waals surface area contributed by atoms with Crippen molar-refractivity contribution in [3.05, 3.63) is 54.1 Å². The maximum Gasteiger partial charge on any atom is 0.250 e. The summed E-state index contributed by atoms with van der Waals surface area (Å²) in [6, 6.07) is 15.3. The summed E-state index contributed by atoms with van der Waals surface area (Å²) in [5.74, 6) is 0.764. The molecule has 0 atom stereocenters. The molecule has 0 radical (unpaired) electrons. The molecule has 1 aromatic heterocycles.